The van der Waals surface area contributed by atoms with Gasteiger partial charge in [0, 0.05) is 36.6 Å². The zero-order chi connectivity index (χ0) is 16.0. The van der Waals surface area contributed by atoms with E-state index in [1.807, 2.05) is 24.3 Å². The van der Waals surface area contributed by atoms with E-state index in [1.165, 1.54) is 18.5 Å². The molecular weight excluding hydrogens is 326 g/mol. The number of nitrogens with two attached hydrogens (primary N) is 1. The van der Waals surface area contributed by atoms with Gasteiger partial charge in [-0.1, -0.05) is 12.1 Å². The molecule has 1 aromatic carbocycles. The molecule has 1 saturated carbocycles. The second kappa shape index (κ2) is 6.49. The fraction of sp³-hybridized carbons (Fsp3) is 0.389. The number of hydrogen-bond acceptors (Lipinski definition) is 3. The summed E-state index contributed by atoms with van der Waals surface area (Å²) < 4.78 is 7.57. The lowest BCUT2D eigenvalue weighted by molar-refractivity contribution is 0.0999. The van der Waals surface area contributed by atoms with Gasteiger partial charge in [0.05, 0.1) is 12.7 Å². The van der Waals surface area contributed by atoms with E-state index in [0.717, 1.165) is 35.7 Å². The molecule has 0 spiro atoms. The van der Waals surface area contributed by atoms with Gasteiger partial charge in [-0.3, -0.25) is 4.79 Å². The third-order valence-electron chi connectivity index (χ3n) is 4.81. The third kappa shape index (κ3) is 2.68. The summed E-state index contributed by atoms with van der Waals surface area (Å²) in [5.41, 5.74) is 10.9. The topological polar surface area (TPSA) is 69.3 Å². The van der Waals surface area contributed by atoms with Gasteiger partial charge in [0.2, 0.25) is 0 Å². The van der Waals surface area contributed by atoms with Crippen LogP contribution >= 0.6 is 12.4 Å². The van der Waals surface area contributed by atoms with E-state index in [9.17, 15) is 4.79 Å². The number of rotatable bonds is 4. The molecule has 1 fully saturated rings. The molecule has 0 saturated heterocycles. The first-order valence-electron chi connectivity index (χ1n) is 8.11. The maximum absolute atomic E-state index is 12.2. The first-order valence-corrected chi connectivity index (χ1v) is 8.11. The minimum absolute atomic E-state index is 0. The Morgan fingerprint density at radius 1 is 1.29 bits per heavy atom. The van der Waals surface area contributed by atoms with Crippen molar-refractivity contribution in [2.45, 2.75) is 31.8 Å². The van der Waals surface area contributed by atoms with Crippen LogP contribution in [0.1, 0.15) is 40.5 Å². The Labute approximate surface area is 147 Å². The predicted octanol–water partition coefficient (Wildman–Crippen LogP) is 2.67. The van der Waals surface area contributed by atoms with Crippen LogP contribution in [0, 0.1) is 0 Å². The second-order valence-electron chi connectivity index (χ2n) is 6.28. The summed E-state index contributed by atoms with van der Waals surface area (Å²) in [6.45, 7) is 2.54. The molecule has 0 bridgehead atoms. The third-order valence-corrected chi connectivity index (χ3v) is 4.81. The summed E-state index contributed by atoms with van der Waals surface area (Å²) in [6.07, 6.45) is 2.39. The molecule has 5 nitrogen and oxygen atoms in total. The molecule has 4 rings (SSSR count). The lowest BCUT2D eigenvalue weighted by Crippen LogP contribution is -2.30. The maximum Gasteiger partial charge on any atom is 0.251 e. The zero-order valence-electron chi connectivity index (χ0n) is 13.7. The number of hydrogen-bond donors (Lipinski definition) is 2. The van der Waals surface area contributed by atoms with E-state index in [1.54, 1.807) is 7.11 Å². The highest BCUT2D eigenvalue weighted by molar-refractivity contribution is 6.02. The Hall–Kier alpha value is -1.98. The minimum atomic E-state index is -0.338. The Kier molecular flexibility index (Phi) is 4.56. The highest BCUT2D eigenvalue weighted by Crippen LogP contribution is 2.48. The number of primary amides is 1. The predicted molar refractivity (Wildman–Crippen MR) is 95.9 cm³/mol. The number of ether oxygens (including phenoxy) is 1. The highest BCUT2D eigenvalue weighted by atomic mass is 35.5. The number of halogens is 1. The van der Waals surface area contributed by atoms with Crippen molar-refractivity contribution in [2.24, 2.45) is 5.73 Å². The first-order chi connectivity index (χ1) is 11.2. The standard InChI is InChI=1S/C18H21N3O2.ClH/c1-23-13-6-4-11(5-7-13)15-16(18(19)22)14-10-20-8-9-21(14)17(15)12-2-3-12;/h4-7,12,20H,2-3,8-10H2,1H3,(H2,19,22);1H. The Morgan fingerprint density at radius 3 is 2.58 bits per heavy atom. The van der Waals surface area contributed by atoms with Crippen LogP contribution < -0.4 is 15.8 Å². The molecule has 24 heavy (non-hydrogen) atoms. The van der Waals surface area contributed by atoms with E-state index < -0.39 is 0 Å². The molecule has 0 atom stereocenters. The first kappa shape index (κ1) is 16.9. The lowest BCUT2D eigenvalue weighted by Gasteiger charge is -2.19. The van der Waals surface area contributed by atoms with Crippen molar-refractivity contribution in [2.75, 3.05) is 13.7 Å². The van der Waals surface area contributed by atoms with Crippen molar-refractivity contribution in [3.63, 3.8) is 0 Å². The summed E-state index contributed by atoms with van der Waals surface area (Å²) in [7, 11) is 1.65. The molecule has 6 heteroatoms. The quantitative estimate of drug-likeness (QED) is 0.893. The van der Waals surface area contributed by atoms with Crippen molar-refractivity contribution in [1.29, 1.82) is 0 Å². The van der Waals surface area contributed by atoms with Gasteiger partial charge >= 0.3 is 0 Å². The largest absolute Gasteiger partial charge is 0.497 e. The van der Waals surface area contributed by atoms with E-state index in [2.05, 4.69) is 9.88 Å². The monoisotopic (exact) mass is 347 g/mol. The number of amides is 1. The van der Waals surface area contributed by atoms with Gasteiger partial charge in [-0.25, -0.2) is 0 Å². The average Bonchev–Trinajstić information content (AvgIpc) is 3.35. The van der Waals surface area contributed by atoms with Crippen LogP contribution in [0.2, 0.25) is 0 Å². The Balaban J connectivity index is 0.00000169. The van der Waals surface area contributed by atoms with Crippen LogP contribution in [0.4, 0.5) is 0 Å². The SMILES string of the molecule is COc1ccc(-c2c(C(N)=O)c3n(c2C2CC2)CCNC3)cc1.Cl. The highest BCUT2D eigenvalue weighted by Gasteiger charge is 2.36. The van der Waals surface area contributed by atoms with Crippen LogP contribution in [0.5, 0.6) is 5.75 Å². The van der Waals surface area contributed by atoms with Gasteiger partial charge in [-0.15, -0.1) is 12.4 Å². The van der Waals surface area contributed by atoms with Crippen LogP contribution in [0.3, 0.4) is 0 Å². The van der Waals surface area contributed by atoms with E-state index in [4.69, 9.17) is 10.5 Å². The number of fused-ring (bicyclic) bond motifs is 1. The summed E-state index contributed by atoms with van der Waals surface area (Å²) in [4.78, 5) is 12.2. The minimum Gasteiger partial charge on any atom is -0.497 e. The van der Waals surface area contributed by atoms with Crippen LogP contribution in [-0.2, 0) is 13.1 Å². The summed E-state index contributed by atoms with van der Waals surface area (Å²) >= 11 is 0. The average molecular weight is 348 g/mol. The van der Waals surface area contributed by atoms with Gasteiger partial charge in [0.1, 0.15) is 5.75 Å². The number of carbonyl (C=O) groups is 1. The van der Waals surface area contributed by atoms with Crippen LogP contribution in [0.15, 0.2) is 24.3 Å². The number of nitrogens with one attached hydrogen (secondary N) is 1. The van der Waals surface area contributed by atoms with Gasteiger partial charge < -0.3 is 20.4 Å². The van der Waals surface area contributed by atoms with Crippen LogP contribution in [-0.4, -0.2) is 24.1 Å². The number of nitrogens with zero attached hydrogens (tertiary/aromatic N) is 1. The van der Waals surface area contributed by atoms with E-state index >= 15 is 0 Å². The molecule has 2 aliphatic rings. The van der Waals surface area contributed by atoms with Gasteiger partial charge in [0.25, 0.3) is 5.91 Å². The van der Waals surface area contributed by atoms with E-state index in [0.29, 0.717) is 18.0 Å². The number of benzene rings is 1. The number of carbonyl (C=O) groups excluding carboxylic acids is 1. The molecule has 1 aromatic heterocycles. The normalized spacial score (nSPS) is 16.2. The number of aromatic nitrogens is 1. The second-order valence-corrected chi connectivity index (χ2v) is 6.28. The maximum atomic E-state index is 12.2. The molecule has 128 valence electrons. The zero-order valence-corrected chi connectivity index (χ0v) is 14.5. The van der Waals surface area contributed by atoms with Gasteiger partial charge in [-0.2, -0.15) is 0 Å². The van der Waals surface area contributed by atoms with Crippen molar-refractivity contribution in [1.82, 2.24) is 9.88 Å². The van der Waals surface area contributed by atoms with Crippen molar-refractivity contribution >= 4 is 18.3 Å². The van der Waals surface area contributed by atoms with Crippen molar-refractivity contribution < 1.29 is 9.53 Å². The molecule has 0 unspecified atom stereocenters. The Bertz CT molecular complexity index is 764. The summed E-state index contributed by atoms with van der Waals surface area (Å²) in [5.74, 6) is 1.03. The lowest BCUT2D eigenvalue weighted by atomic mass is 9.97. The molecular formula is C18H22ClN3O2. The van der Waals surface area contributed by atoms with E-state index in [-0.39, 0.29) is 18.3 Å². The summed E-state index contributed by atoms with van der Waals surface area (Å²) in [5, 5.41) is 3.36. The molecule has 2 heterocycles. The van der Waals surface area contributed by atoms with Crippen molar-refractivity contribution in [3.05, 3.63) is 41.2 Å². The molecule has 1 amide bonds. The molecule has 1 aliphatic carbocycles. The molecule has 3 N–H and O–H groups in total. The van der Waals surface area contributed by atoms with Gasteiger partial charge in [0.15, 0.2) is 0 Å². The molecule has 2 aromatic rings. The smallest absolute Gasteiger partial charge is 0.251 e. The number of methoxy groups -OCH3 is 1. The molecule has 1 aliphatic heterocycles. The fourth-order valence-electron chi connectivity index (χ4n) is 3.62. The van der Waals surface area contributed by atoms with Gasteiger partial charge in [-0.05, 0) is 36.5 Å². The van der Waals surface area contributed by atoms with Crippen molar-refractivity contribution in [3.8, 4) is 16.9 Å². The Morgan fingerprint density at radius 2 is 2.00 bits per heavy atom. The fourth-order valence-corrected chi connectivity index (χ4v) is 3.62. The van der Waals surface area contributed by atoms with Crippen LogP contribution in [0.25, 0.3) is 11.1 Å². The molecule has 0 radical (unpaired) electrons. The summed E-state index contributed by atoms with van der Waals surface area (Å²) in [6, 6.07) is 7.91.